The quantitative estimate of drug-likeness (QED) is 0.484. The Hall–Kier alpha value is -1.95. The summed E-state index contributed by atoms with van der Waals surface area (Å²) in [6.07, 6.45) is 2.02. The number of carbonyl (C=O) groups excluding carboxylic acids is 1. The number of nitrogens with one attached hydrogen (secondary N) is 1. The highest BCUT2D eigenvalue weighted by Crippen LogP contribution is 2.36. The van der Waals surface area contributed by atoms with Crippen LogP contribution < -0.4 is 5.32 Å². The molecule has 1 atom stereocenters. The molecule has 1 aliphatic heterocycles. The number of nitro groups is 1. The molecule has 1 unspecified atom stereocenters. The first kappa shape index (κ1) is 10.6. The predicted molar refractivity (Wildman–Crippen MR) is 58.2 cm³/mol. The molecule has 0 aliphatic carbocycles. The minimum atomic E-state index is -0.622. The van der Waals surface area contributed by atoms with E-state index in [9.17, 15) is 14.9 Å². The van der Waals surface area contributed by atoms with Crippen molar-refractivity contribution in [3.63, 3.8) is 0 Å². The second-order valence-corrected chi connectivity index (χ2v) is 3.57. The number of benzene rings is 1. The minimum absolute atomic E-state index is 0.00690. The third kappa shape index (κ3) is 1.63. The maximum atomic E-state index is 10.8. The van der Waals surface area contributed by atoms with Crippen molar-refractivity contribution < 1.29 is 9.72 Å². The van der Waals surface area contributed by atoms with Gasteiger partial charge in [0.1, 0.15) is 17.4 Å². The number of aliphatic imine (C=N–C) groups is 1. The van der Waals surface area contributed by atoms with E-state index in [-0.39, 0.29) is 10.7 Å². The molecule has 2 rings (SSSR count). The van der Waals surface area contributed by atoms with E-state index >= 15 is 0 Å². The number of halogens is 1. The fraction of sp³-hybridized carbons (Fsp3) is 0.111. The third-order valence-corrected chi connectivity index (χ3v) is 2.52. The summed E-state index contributed by atoms with van der Waals surface area (Å²) in [5, 5.41) is 13.4. The largest absolute Gasteiger partial charge is 0.363 e. The average molecular weight is 240 g/mol. The van der Waals surface area contributed by atoms with E-state index in [1.54, 1.807) is 0 Å². The van der Waals surface area contributed by atoms with Gasteiger partial charge in [-0.3, -0.25) is 10.1 Å². The second-order valence-electron chi connectivity index (χ2n) is 3.16. The van der Waals surface area contributed by atoms with Gasteiger partial charge < -0.3 is 10.1 Å². The van der Waals surface area contributed by atoms with Crippen LogP contribution in [-0.4, -0.2) is 17.5 Å². The highest BCUT2D eigenvalue weighted by Gasteiger charge is 2.23. The van der Waals surface area contributed by atoms with Gasteiger partial charge in [0.25, 0.3) is 5.69 Å². The normalized spacial score (nSPS) is 17.4. The molecule has 1 heterocycles. The lowest BCUT2D eigenvalue weighted by atomic mass is 10.0. The van der Waals surface area contributed by atoms with Crippen molar-refractivity contribution in [3.05, 3.63) is 32.8 Å². The van der Waals surface area contributed by atoms with Gasteiger partial charge in [-0.05, 0) is 6.07 Å². The molecule has 0 saturated carbocycles. The van der Waals surface area contributed by atoms with Gasteiger partial charge in [0, 0.05) is 11.6 Å². The van der Waals surface area contributed by atoms with Crippen molar-refractivity contribution in [2.24, 2.45) is 4.99 Å². The zero-order valence-corrected chi connectivity index (χ0v) is 8.64. The summed E-state index contributed by atoms with van der Waals surface area (Å²) in [5.74, 6) is 0. The zero-order chi connectivity index (χ0) is 11.7. The molecule has 16 heavy (non-hydrogen) atoms. The number of nitro benzene ring substituents is 1. The molecule has 0 amide bonds. The number of hydrogen-bond donors (Lipinski definition) is 1. The molecule has 1 aromatic carbocycles. The van der Waals surface area contributed by atoms with Gasteiger partial charge in [-0.25, -0.2) is 4.99 Å². The standard InChI is InChI=1S/C9H6ClN3O3/c10-6-2-7-5(1-9(6)13(15)16)8(3-14)12-4-11-7/h1-4,8H,(H,11,12). The van der Waals surface area contributed by atoms with E-state index in [2.05, 4.69) is 10.3 Å². The summed E-state index contributed by atoms with van der Waals surface area (Å²) in [6, 6.07) is 2.02. The molecule has 0 spiro atoms. The van der Waals surface area contributed by atoms with E-state index in [1.165, 1.54) is 18.5 Å². The molecule has 0 radical (unpaired) electrons. The smallest absolute Gasteiger partial charge is 0.288 e. The SMILES string of the molecule is O=CC1NC=Nc2cc(Cl)c([N+](=O)[O-])cc21. The fourth-order valence-corrected chi connectivity index (χ4v) is 1.68. The molecule has 6 nitrogen and oxygen atoms in total. The summed E-state index contributed by atoms with van der Waals surface area (Å²) >= 11 is 5.72. The minimum Gasteiger partial charge on any atom is -0.363 e. The summed E-state index contributed by atoms with van der Waals surface area (Å²) in [7, 11) is 0. The Morgan fingerprint density at radius 2 is 2.31 bits per heavy atom. The average Bonchev–Trinajstić information content (AvgIpc) is 2.26. The highest BCUT2D eigenvalue weighted by atomic mass is 35.5. The number of rotatable bonds is 2. The van der Waals surface area contributed by atoms with Gasteiger partial charge in [0.15, 0.2) is 0 Å². The first-order chi connectivity index (χ1) is 7.63. The predicted octanol–water partition coefficient (Wildman–Crippen LogP) is 1.75. The molecule has 1 N–H and O–H groups in total. The van der Waals surface area contributed by atoms with Crippen molar-refractivity contribution in [3.8, 4) is 0 Å². The van der Waals surface area contributed by atoms with E-state index in [1.807, 2.05) is 0 Å². The third-order valence-electron chi connectivity index (χ3n) is 2.22. The molecule has 1 aromatic rings. The molecule has 0 fully saturated rings. The van der Waals surface area contributed by atoms with Crippen LogP contribution >= 0.6 is 11.6 Å². The van der Waals surface area contributed by atoms with Crippen molar-refractivity contribution in [2.45, 2.75) is 6.04 Å². The van der Waals surface area contributed by atoms with E-state index in [4.69, 9.17) is 11.6 Å². The summed E-state index contributed by atoms with van der Waals surface area (Å²) < 4.78 is 0. The van der Waals surface area contributed by atoms with Gasteiger partial charge in [0.2, 0.25) is 0 Å². The monoisotopic (exact) mass is 239 g/mol. The van der Waals surface area contributed by atoms with Gasteiger partial charge in [0.05, 0.1) is 16.9 Å². The lowest BCUT2D eigenvalue weighted by molar-refractivity contribution is -0.384. The summed E-state index contributed by atoms with van der Waals surface area (Å²) in [5.41, 5.74) is 0.686. The second kappa shape index (κ2) is 3.90. The number of hydrogen-bond acceptors (Lipinski definition) is 5. The van der Waals surface area contributed by atoms with Crippen molar-refractivity contribution in [2.75, 3.05) is 0 Å². The molecule has 1 aliphatic rings. The Kier molecular flexibility index (Phi) is 2.57. The molecular formula is C9H6ClN3O3. The summed E-state index contributed by atoms with van der Waals surface area (Å²) in [4.78, 5) is 24.8. The number of carbonyl (C=O) groups is 1. The van der Waals surface area contributed by atoms with Gasteiger partial charge in [-0.1, -0.05) is 11.6 Å². The lowest BCUT2D eigenvalue weighted by Crippen LogP contribution is -2.23. The molecular weight excluding hydrogens is 234 g/mol. The van der Waals surface area contributed by atoms with Crippen LogP contribution in [0.3, 0.4) is 0 Å². The zero-order valence-electron chi connectivity index (χ0n) is 7.88. The van der Waals surface area contributed by atoms with Gasteiger partial charge in [-0.15, -0.1) is 0 Å². The van der Waals surface area contributed by atoms with E-state index in [0.29, 0.717) is 17.5 Å². The van der Waals surface area contributed by atoms with Crippen LogP contribution in [-0.2, 0) is 4.79 Å². The first-order valence-corrected chi connectivity index (χ1v) is 4.73. The fourth-order valence-electron chi connectivity index (χ4n) is 1.46. The van der Waals surface area contributed by atoms with Crippen LogP contribution in [0.2, 0.25) is 5.02 Å². The lowest BCUT2D eigenvalue weighted by Gasteiger charge is -2.17. The Morgan fingerprint density at radius 1 is 1.56 bits per heavy atom. The number of nitrogens with zero attached hydrogens (tertiary/aromatic N) is 2. The Labute approximate surface area is 95.1 Å². The van der Waals surface area contributed by atoms with Gasteiger partial charge >= 0.3 is 0 Å². The Morgan fingerprint density at radius 3 is 2.94 bits per heavy atom. The maximum absolute atomic E-state index is 10.8. The van der Waals surface area contributed by atoms with Crippen molar-refractivity contribution in [1.29, 1.82) is 0 Å². The molecule has 82 valence electrons. The topological polar surface area (TPSA) is 84.6 Å². The Balaban J connectivity index is 2.61. The van der Waals surface area contributed by atoms with Crippen LogP contribution in [0.1, 0.15) is 11.6 Å². The number of fused-ring (bicyclic) bond motifs is 1. The maximum Gasteiger partial charge on any atom is 0.288 e. The molecule has 0 aromatic heterocycles. The van der Waals surface area contributed by atoms with Crippen LogP contribution in [0.5, 0.6) is 0 Å². The highest BCUT2D eigenvalue weighted by molar-refractivity contribution is 6.33. The van der Waals surface area contributed by atoms with E-state index in [0.717, 1.165) is 0 Å². The van der Waals surface area contributed by atoms with Gasteiger partial charge in [-0.2, -0.15) is 0 Å². The first-order valence-electron chi connectivity index (χ1n) is 4.35. The Bertz CT molecular complexity index is 501. The molecule has 0 saturated heterocycles. The summed E-state index contributed by atoms with van der Waals surface area (Å²) in [6.45, 7) is 0. The number of aldehydes is 1. The van der Waals surface area contributed by atoms with Crippen LogP contribution in [0.15, 0.2) is 17.1 Å². The van der Waals surface area contributed by atoms with Crippen LogP contribution in [0.25, 0.3) is 0 Å². The van der Waals surface area contributed by atoms with Crippen LogP contribution in [0, 0.1) is 10.1 Å². The van der Waals surface area contributed by atoms with E-state index < -0.39 is 11.0 Å². The van der Waals surface area contributed by atoms with Crippen molar-refractivity contribution in [1.82, 2.24) is 5.32 Å². The molecule has 7 heteroatoms. The van der Waals surface area contributed by atoms with Crippen LogP contribution in [0.4, 0.5) is 11.4 Å². The van der Waals surface area contributed by atoms with Crippen molar-refractivity contribution >= 4 is 35.6 Å². The molecule has 0 bridgehead atoms.